The number of rotatable bonds is 4. The molecule has 3 aliphatic rings. The number of aromatic hydroxyl groups is 2. The molecule has 4 unspecified atom stereocenters. The summed E-state index contributed by atoms with van der Waals surface area (Å²) in [5, 5.41) is 18.9. The van der Waals surface area contributed by atoms with Crippen LogP contribution in [0, 0.1) is 16.7 Å². The lowest BCUT2D eigenvalue weighted by Crippen LogP contribution is -2.58. The number of likely N-dealkylation sites (tertiary alicyclic amines) is 1. The maximum atomic E-state index is 13.0. The van der Waals surface area contributed by atoms with Gasteiger partial charge in [-0.15, -0.1) is 0 Å². The maximum absolute atomic E-state index is 13.0. The first-order chi connectivity index (χ1) is 13.2. The van der Waals surface area contributed by atoms with Crippen molar-refractivity contribution in [3.8, 4) is 11.5 Å². The molecule has 7 heteroatoms. The van der Waals surface area contributed by atoms with E-state index < -0.39 is 21.9 Å². The van der Waals surface area contributed by atoms with Crippen LogP contribution >= 0.6 is 0 Å². The first-order valence-corrected chi connectivity index (χ1v) is 11.2. The van der Waals surface area contributed by atoms with Crippen molar-refractivity contribution in [2.75, 3.05) is 13.1 Å². The summed E-state index contributed by atoms with van der Waals surface area (Å²) in [6, 6.07) is 4.64. The Kier molecular flexibility index (Phi) is 4.83. The molecule has 0 amide bonds. The van der Waals surface area contributed by atoms with E-state index in [0.29, 0.717) is 38.8 Å². The fourth-order valence-corrected chi connectivity index (χ4v) is 7.55. The van der Waals surface area contributed by atoms with Crippen molar-refractivity contribution < 1.29 is 23.8 Å². The van der Waals surface area contributed by atoms with Crippen LogP contribution in [0.25, 0.3) is 0 Å². The molecule has 0 aromatic heterocycles. The summed E-state index contributed by atoms with van der Waals surface area (Å²) >= 11 is -2.36. The molecule has 1 saturated heterocycles. The number of Topliss-reactive ketones (excluding diaryl/α,β-unsaturated/α-hetero) is 1. The molecule has 4 rings (SSSR count). The maximum Gasteiger partial charge on any atom is 0.142 e. The third kappa shape index (κ3) is 2.74. The fraction of sp³-hybridized carbons (Fsp3) is 0.667. The molecule has 6 nitrogen and oxygen atoms in total. The van der Waals surface area contributed by atoms with Gasteiger partial charge in [0, 0.05) is 12.5 Å². The molecule has 0 spiro atoms. The highest BCUT2D eigenvalue weighted by Gasteiger charge is 2.68. The van der Waals surface area contributed by atoms with Gasteiger partial charge in [-0.2, -0.15) is 0 Å². The lowest BCUT2D eigenvalue weighted by molar-refractivity contribution is -0.132. The van der Waals surface area contributed by atoms with Crippen molar-refractivity contribution in [1.82, 2.24) is 4.90 Å². The zero-order valence-electron chi connectivity index (χ0n) is 16.4. The highest BCUT2D eigenvalue weighted by atomic mass is 32.2. The predicted molar refractivity (Wildman–Crippen MR) is 105 cm³/mol. The summed E-state index contributed by atoms with van der Waals surface area (Å²) in [5.74, 6) is 0.599. The largest absolute Gasteiger partial charge is 0.771 e. The summed E-state index contributed by atoms with van der Waals surface area (Å²) in [5.41, 5.74) is -0.327. The topological polar surface area (TPSA) is 101 Å². The molecule has 154 valence electrons. The van der Waals surface area contributed by atoms with Crippen LogP contribution < -0.4 is 0 Å². The normalized spacial score (nSPS) is 32.5. The minimum Gasteiger partial charge on any atom is -0.771 e. The zero-order chi connectivity index (χ0) is 20.3. The molecule has 0 radical (unpaired) electrons. The van der Waals surface area contributed by atoms with Crippen LogP contribution in [0.2, 0.25) is 0 Å². The summed E-state index contributed by atoms with van der Waals surface area (Å²) in [7, 11) is 0. The Morgan fingerprint density at radius 2 is 1.89 bits per heavy atom. The Balaban J connectivity index is 1.57. The smallest absolute Gasteiger partial charge is 0.142 e. The van der Waals surface area contributed by atoms with Crippen molar-refractivity contribution >= 4 is 16.9 Å². The van der Waals surface area contributed by atoms with Gasteiger partial charge in [0.1, 0.15) is 17.3 Å². The van der Waals surface area contributed by atoms with E-state index in [2.05, 4.69) is 13.8 Å². The van der Waals surface area contributed by atoms with Gasteiger partial charge in [0.05, 0.1) is 10.8 Å². The molecule has 1 heterocycles. The first kappa shape index (κ1) is 19.9. The molecule has 28 heavy (non-hydrogen) atoms. The number of phenolic OH excluding ortho intramolecular Hbond substituents is 2. The standard InChI is InChI=1S/C21H29NO5S/c1-20(2)14-5-8-21(20,18(25)11-14)19(28(26)27)22-9-6-13(7-10-22)16-4-3-15(23)12-17(16)24/h3-4,12-14,19,23-24H,5-11H2,1-2H3,(H,26,27)/p-1. The van der Waals surface area contributed by atoms with Crippen LogP contribution in [0.4, 0.5) is 0 Å². The summed E-state index contributed by atoms with van der Waals surface area (Å²) in [6.07, 6.45) is 3.49. The molecule has 1 aromatic rings. The monoisotopic (exact) mass is 406 g/mol. The Labute approximate surface area is 168 Å². The number of phenols is 2. The van der Waals surface area contributed by atoms with Gasteiger partial charge in [-0.3, -0.25) is 13.9 Å². The summed E-state index contributed by atoms with van der Waals surface area (Å²) in [4.78, 5) is 14.9. The summed E-state index contributed by atoms with van der Waals surface area (Å²) in [6.45, 7) is 5.27. The third-order valence-electron chi connectivity index (χ3n) is 7.91. The number of carbonyl (C=O) groups is 1. The predicted octanol–water partition coefficient (Wildman–Crippen LogP) is 2.88. The number of ketones is 1. The van der Waals surface area contributed by atoms with E-state index in [9.17, 15) is 23.8 Å². The van der Waals surface area contributed by atoms with Crippen molar-refractivity contribution in [1.29, 1.82) is 0 Å². The van der Waals surface area contributed by atoms with Gasteiger partial charge in [0.2, 0.25) is 0 Å². The Morgan fingerprint density at radius 3 is 2.39 bits per heavy atom. The number of hydrogen-bond acceptors (Lipinski definition) is 6. The van der Waals surface area contributed by atoms with E-state index in [0.717, 1.165) is 12.0 Å². The van der Waals surface area contributed by atoms with Gasteiger partial charge >= 0.3 is 0 Å². The molecular formula is C21H28NO5S-. The molecule has 1 aliphatic heterocycles. The number of fused-ring (bicyclic) bond motifs is 2. The third-order valence-corrected chi connectivity index (χ3v) is 8.97. The zero-order valence-corrected chi connectivity index (χ0v) is 17.2. The second kappa shape index (κ2) is 6.82. The van der Waals surface area contributed by atoms with E-state index in [1.807, 2.05) is 4.90 Å². The average molecular weight is 407 g/mol. The Hall–Kier alpha value is -1.44. The first-order valence-electron chi connectivity index (χ1n) is 10.1. The van der Waals surface area contributed by atoms with Gasteiger partial charge in [-0.1, -0.05) is 19.9 Å². The van der Waals surface area contributed by atoms with Crippen LogP contribution in [0.3, 0.4) is 0 Å². The minimum absolute atomic E-state index is 0.0253. The van der Waals surface area contributed by atoms with E-state index in [-0.39, 0.29) is 34.5 Å². The Morgan fingerprint density at radius 1 is 1.21 bits per heavy atom. The molecule has 2 aliphatic carbocycles. The lowest BCUT2D eigenvalue weighted by atomic mass is 9.68. The number of nitrogens with zero attached hydrogens (tertiary/aromatic N) is 1. The number of hydrogen-bond donors (Lipinski definition) is 2. The average Bonchev–Trinajstić information content (AvgIpc) is 2.98. The van der Waals surface area contributed by atoms with Crippen molar-refractivity contribution in [3.63, 3.8) is 0 Å². The van der Waals surface area contributed by atoms with Crippen LogP contribution in [-0.4, -0.2) is 48.1 Å². The highest BCUT2D eigenvalue weighted by molar-refractivity contribution is 7.79. The van der Waals surface area contributed by atoms with E-state index >= 15 is 0 Å². The van der Waals surface area contributed by atoms with Gasteiger partial charge < -0.3 is 14.8 Å². The Bertz CT molecular complexity index is 817. The minimum atomic E-state index is -2.36. The van der Waals surface area contributed by atoms with E-state index in [1.54, 1.807) is 12.1 Å². The fourth-order valence-electron chi connectivity index (χ4n) is 6.21. The number of benzene rings is 1. The second-order valence-electron chi connectivity index (χ2n) is 9.22. The molecule has 4 atom stereocenters. The van der Waals surface area contributed by atoms with E-state index in [1.165, 1.54) is 6.07 Å². The van der Waals surface area contributed by atoms with Crippen LogP contribution in [-0.2, 0) is 15.9 Å². The molecule has 2 N–H and O–H groups in total. The van der Waals surface area contributed by atoms with Crippen molar-refractivity contribution in [3.05, 3.63) is 23.8 Å². The van der Waals surface area contributed by atoms with Crippen molar-refractivity contribution in [2.45, 2.75) is 57.2 Å². The second-order valence-corrected chi connectivity index (χ2v) is 10.2. The molecule has 2 bridgehead atoms. The SMILES string of the molecule is CC1(C)C2CCC1(C(N1CCC(c3ccc(O)cc3O)CC1)S(=O)[O-])C(=O)C2. The van der Waals surface area contributed by atoms with Gasteiger partial charge in [-0.05, 0) is 78.7 Å². The van der Waals surface area contributed by atoms with Gasteiger partial charge in [0.25, 0.3) is 0 Å². The summed E-state index contributed by atoms with van der Waals surface area (Å²) < 4.78 is 24.8. The van der Waals surface area contributed by atoms with Gasteiger partial charge in [0.15, 0.2) is 0 Å². The quantitative estimate of drug-likeness (QED) is 0.746. The molecule has 3 fully saturated rings. The number of piperidine rings is 1. The van der Waals surface area contributed by atoms with Crippen molar-refractivity contribution in [2.24, 2.45) is 16.7 Å². The number of carbonyl (C=O) groups excluding carboxylic acids is 1. The van der Waals surface area contributed by atoms with Crippen LogP contribution in [0.15, 0.2) is 18.2 Å². The lowest BCUT2D eigenvalue weighted by Gasteiger charge is -2.50. The molecule has 1 aromatic carbocycles. The highest BCUT2D eigenvalue weighted by Crippen LogP contribution is 2.66. The molecular weight excluding hydrogens is 378 g/mol. The molecule has 2 saturated carbocycles. The van der Waals surface area contributed by atoms with E-state index in [4.69, 9.17) is 0 Å². The van der Waals surface area contributed by atoms with Crippen LogP contribution in [0.5, 0.6) is 11.5 Å². The van der Waals surface area contributed by atoms with Gasteiger partial charge in [-0.25, -0.2) is 0 Å². The van der Waals surface area contributed by atoms with Crippen LogP contribution in [0.1, 0.15) is 57.4 Å².